The molecule has 4 aromatic rings. The molecule has 7 heteroatoms. The molecule has 2 aromatic heterocycles. The summed E-state index contributed by atoms with van der Waals surface area (Å²) in [5.41, 5.74) is 3.11. The molecule has 1 aliphatic heterocycles. The topological polar surface area (TPSA) is 73.0 Å². The number of aromatic nitrogens is 4. The summed E-state index contributed by atoms with van der Waals surface area (Å²) in [5.74, 6) is 1.60. The Labute approximate surface area is 167 Å². The first kappa shape index (κ1) is 17.6. The maximum atomic E-state index is 13.1. The van der Waals surface area contributed by atoms with Gasteiger partial charge in [0.05, 0.1) is 21.9 Å². The monoisotopic (exact) mass is 387 g/mol. The van der Waals surface area contributed by atoms with Crippen molar-refractivity contribution in [2.45, 2.75) is 19.9 Å². The number of carbonyl (C=O) groups is 1. The van der Waals surface area contributed by atoms with Crippen LogP contribution < -0.4 is 5.56 Å². The molecule has 0 unspecified atom stereocenters. The Balaban J connectivity index is 1.46. The van der Waals surface area contributed by atoms with E-state index in [-0.39, 0.29) is 11.5 Å². The summed E-state index contributed by atoms with van der Waals surface area (Å²) in [5, 5.41) is 0.618. The van der Waals surface area contributed by atoms with Crippen LogP contribution in [-0.4, -0.2) is 43.0 Å². The van der Waals surface area contributed by atoms with E-state index < -0.39 is 0 Å². The maximum Gasteiger partial charge on any atom is 0.261 e. The molecule has 0 atom stereocenters. The largest absolute Gasteiger partial charge is 0.336 e. The minimum Gasteiger partial charge on any atom is -0.336 e. The molecule has 0 spiro atoms. The van der Waals surface area contributed by atoms with E-state index in [1.165, 1.54) is 0 Å². The van der Waals surface area contributed by atoms with Crippen molar-refractivity contribution < 1.29 is 4.79 Å². The third-order valence-corrected chi connectivity index (χ3v) is 5.78. The summed E-state index contributed by atoms with van der Waals surface area (Å²) < 4.78 is 3.72. The molecule has 0 radical (unpaired) electrons. The number of fused-ring (bicyclic) bond motifs is 3. The summed E-state index contributed by atoms with van der Waals surface area (Å²) >= 11 is 0. The molecule has 0 N–H and O–H groups in total. The van der Waals surface area contributed by atoms with E-state index in [1.54, 1.807) is 15.5 Å². The zero-order valence-electron chi connectivity index (χ0n) is 16.4. The van der Waals surface area contributed by atoms with E-state index in [0.717, 1.165) is 22.7 Å². The van der Waals surface area contributed by atoms with Crippen LogP contribution in [0.3, 0.4) is 0 Å². The molecule has 2 aromatic carbocycles. The van der Waals surface area contributed by atoms with E-state index in [1.807, 2.05) is 54.9 Å². The van der Waals surface area contributed by atoms with E-state index in [0.29, 0.717) is 42.5 Å². The Bertz CT molecular complexity index is 1330. The minimum atomic E-state index is -0.0411. The fourth-order valence-electron chi connectivity index (χ4n) is 4.04. The highest BCUT2D eigenvalue weighted by Crippen LogP contribution is 2.19. The lowest BCUT2D eigenvalue weighted by atomic mass is 10.1. The number of carbonyl (C=O) groups excluding carboxylic acids is 1. The lowest BCUT2D eigenvalue weighted by molar-refractivity contribution is 0.0759. The van der Waals surface area contributed by atoms with E-state index in [4.69, 9.17) is 0 Å². The van der Waals surface area contributed by atoms with Crippen LogP contribution in [0.15, 0.2) is 47.3 Å². The Kier molecular flexibility index (Phi) is 3.97. The van der Waals surface area contributed by atoms with Gasteiger partial charge in [-0.25, -0.2) is 9.97 Å². The van der Waals surface area contributed by atoms with Crippen molar-refractivity contribution in [2.24, 2.45) is 7.05 Å². The first-order chi connectivity index (χ1) is 14.0. The Morgan fingerprint density at radius 3 is 2.69 bits per heavy atom. The number of aryl methyl sites for hydroxylation is 2. The van der Waals surface area contributed by atoms with Crippen molar-refractivity contribution in [1.82, 2.24) is 24.0 Å². The summed E-state index contributed by atoms with van der Waals surface area (Å²) in [7, 11) is 1.97. The van der Waals surface area contributed by atoms with Crippen molar-refractivity contribution in [1.29, 1.82) is 0 Å². The average Bonchev–Trinajstić information content (AvgIpc) is 2.89. The van der Waals surface area contributed by atoms with Crippen LogP contribution in [0, 0.1) is 6.92 Å². The van der Waals surface area contributed by atoms with Gasteiger partial charge in [-0.15, -0.1) is 0 Å². The second-order valence-electron chi connectivity index (χ2n) is 7.47. The van der Waals surface area contributed by atoms with E-state index in [9.17, 15) is 9.59 Å². The van der Waals surface area contributed by atoms with Gasteiger partial charge in [0.15, 0.2) is 0 Å². The van der Waals surface area contributed by atoms with Gasteiger partial charge in [-0.3, -0.25) is 14.2 Å². The van der Waals surface area contributed by atoms with Crippen LogP contribution in [0.25, 0.3) is 21.9 Å². The highest BCUT2D eigenvalue weighted by molar-refractivity contribution is 5.97. The quantitative estimate of drug-likeness (QED) is 0.502. The van der Waals surface area contributed by atoms with Gasteiger partial charge < -0.3 is 9.47 Å². The molecule has 1 amide bonds. The predicted molar refractivity (Wildman–Crippen MR) is 111 cm³/mol. The zero-order chi connectivity index (χ0) is 20.1. The molecule has 146 valence electrons. The van der Waals surface area contributed by atoms with Crippen LogP contribution in [0.4, 0.5) is 0 Å². The molecule has 0 bridgehead atoms. The fraction of sp³-hybridized carbons (Fsp3) is 0.273. The Morgan fingerprint density at radius 2 is 1.83 bits per heavy atom. The third-order valence-electron chi connectivity index (χ3n) is 5.78. The number of hydrogen-bond acceptors (Lipinski definition) is 4. The molecule has 0 saturated heterocycles. The normalized spacial score (nSPS) is 14.2. The molecule has 1 aliphatic rings. The van der Waals surface area contributed by atoms with Crippen molar-refractivity contribution >= 4 is 27.8 Å². The van der Waals surface area contributed by atoms with Crippen molar-refractivity contribution in [3.8, 4) is 0 Å². The molecular weight excluding hydrogens is 366 g/mol. The highest BCUT2D eigenvalue weighted by atomic mass is 16.2. The predicted octanol–water partition coefficient (Wildman–Crippen LogP) is 2.29. The Hall–Kier alpha value is -3.48. The van der Waals surface area contributed by atoms with Crippen molar-refractivity contribution in [3.63, 3.8) is 0 Å². The van der Waals surface area contributed by atoms with Crippen LogP contribution >= 0.6 is 0 Å². The molecule has 7 nitrogen and oxygen atoms in total. The number of benzene rings is 2. The van der Waals surface area contributed by atoms with Gasteiger partial charge in [0, 0.05) is 38.7 Å². The molecule has 0 saturated carbocycles. The molecular formula is C22H21N5O2. The number of nitrogens with zero attached hydrogens (tertiary/aromatic N) is 5. The summed E-state index contributed by atoms with van der Waals surface area (Å²) in [4.78, 5) is 37.0. The number of hydrogen-bond donors (Lipinski definition) is 0. The SMILES string of the molecule is Cc1nc2cc(C(=O)N3CCc4nc5ccccc5c(=O)n4CC3)ccc2n1C. The van der Waals surface area contributed by atoms with Crippen LogP contribution in [0.2, 0.25) is 0 Å². The third kappa shape index (κ3) is 2.81. The van der Waals surface area contributed by atoms with Gasteiger partial charge >= 0.3 is 0 Å². The minimum absolute atomic E-state index is 0.0368. The number of para-hydroxylation sites is 1. The van der Waals surface area contributed by atoms with Crippen molar-refractivity contribution in [3.05, 3.63) is 70.0 Å². The van der Waals surface area contributed by atoms with Gasteiger partial charge in [-0.1, -0.05) is 12.1 Å². The maximum absolute atomic E-state index is 13.1. The van der Waals surface area contributed by atoms with Gasteiger partial charge in [0.1, 0.15) is 11.6 Å². The van der Waals surface area contributed by atoms with Gasteiger partial charge in [-0.2, -0.15) is 0 Å². The summed E-state index contributed by atoms with van der Waals surface area (Å²) in [6.07, 6.45) is 0.552. The molecule has 5 rings (SSSR count). The fourth-order valence-corrected chi connectivity index (χ4v) is 4.04. The first-order valence-electron chi connectivity index (χ1n) is 9.74. The van der Waals surface area contributed by atoms with Gasteiger partial charge in [0.2, 0.25) is 0 Å². The summed E-state index contributed by atoms with van der Waals surface area (Å²) in [6, 6.07) is 13.0. The lowest BCUT2D eigenvalue weighted by Gasteiger charge is -2.20. The van der Waals surface area contributed by atoms with E-state index >= 15 is 0 Å². The van der Waals surface area contributed by atoms with Crippen LogP contribution in [-0.2, 0) is 20.0 Å². The number of amides is 1. The Morgan fingerprint density at radius 1 is 1.00 bits per heavy atom. The molecule has 3 heterocycles. The second-order valence-corrected chi connectivity index (χ2v) is 7.47. The number of rotatable bonds is 1. The first-order valence-corrected chi connectivity index (χ1v) is 9.74. The summed E-state index contributed by atoms with van der Waals surface area (Å²) in [6.45, 7) is 3.40. The van der Waals surface area contributed by atoms with Gasteiger partial charge in [0.25, 0.3) is 11.5 Å². The standard InChI is InChI=1S/C22H21N5O2/c1-14-23-18-13-15(7-8-19(18)25(14)2)21(28)26-10-9-20-24-17-6-4-3-5-16(17)22(29)27(20)12-11-26/h3-8,13H,9-12H2,1-2H3. The van der Waals surface area contributed by atoms with Crippen LogP contribution in [0.1, 0.15) is 22.0 Å². The highest BCUT2D eigenvalue weighted by Gasteiger charge is 2.22. The second kappa shape index (κ2) is 6.55. The molecule has 0 fully saturated rings. The lowest BCUT2D eigenvalue weighted by Crippen LogP contribution is -2.34. The van der Waals surface area contributed by atoms with Gasteiger partial charge in [-0.05, 0) is 37.3 Å². The molecule has 0 aliphatic carbocycles. The number of imidazole rings is 1. The zero-order valence-corrected chi connectivity index (χ0v) is 16.4. The van der Waals surface area contributed by atoms with E-state index in [2.05, 4.69) is 9.97 Å². The van der Waals surface area contributed by atoms with Crippen molar-refractivity contribution in [2.75, 3.05) is 13.1 Å². The van der Waals surface area contributed by atoms with Crippen LogP contribution in [0.5, 0.6) is 0 Å². The average molecular weight is 387 g/mol. The smallest absolute Gasteiger partial charge is 0.261 e. The molecule has 29 heavy (non-hydrogen) atoms.